The lowest BCUT2D eigenvalue weighted by atomic mass is 9.88. The highest BCUT2D eigenvalue weighted by Crippen LogP contribution is 2.40. The number of halogens is 1. The van der Waals surface area contributed by atoms with Gasteiger partial charge >= 0.3 is 0 Å². The van der Waals surface area contributed by atoms with Crippen molar-refractivity contribution < 1.29 is 28.6 Å². The smallest absolute Gasteiger partial charge is 0.290 e. The van der Waals surface area contributed by atoms with Crippen molar-refractivity contribution in [3.8, 4) is 0 Å². The quantitative estimate of drug-likeness (QED) is 0.725. The standard InChI is InChI=1S/C18H27FN4O3.CH2O2/c1-3-21(4-2)16(25)14-13-23-12-9-20-17(23)18(26-14)6-10-22(11-7-18)15(24)5-8-19;2-1-3/h9,12,14H,3-8,10-11,13H2,1-2H3;1H,(H,2,3). The summed E-state index contributed by atoms with van der Waals surface area (Å²) in [6, 6.07) is 0. The van der Waals surface area contributed by atoms with Crippen LogP contribution in [0.15, 0.2) is 12.4 Å². The zero-order valence-electron chi connectivity index (χ0n) is 16.9. The van der Waals surface area contributed by atoms with E-state index in [-0.39, 0.29) is 24.7 Å². The Bertz CT molecular complexity index is 699. The van der Waals surface area contributed by atoms with Crippen molar-refractivity contribution >= 4 is 18.3 Å². The van der Waals surface area contributed by atoms with Crippen molar-refractivity contribution in [2.75, 3.05) is 32.9 Å². The summed E-state index contributed by atoms with van der Waals surface area (Å²) in [4.78, 5) is 41.1. The molecule has 0 saturated carbocycles. The van der Waals surface area contributed by atoms with Crippen molar-refractivity contribution in [1.29, 1.82) is 0 Å². The highest BCUT2D eigenvalue weighted by atomic mass is 19.1. The maximum Gasteiger partial charge on any atom is 0.290 e. The zero-order valence-corrected chi connectivity index (χ0v) is 16.9. The average molecular weight is 412 g/mol. The first-order chi connectivity index (χ1) is 14.0. The molecule has 1 unspecified atom stereocenters. The lowest BCUT2D eigenvalue weighted by Crippen LogP contribution is -2.55. The van der Waals surface area contributed by atoms with Gasteiger partial charge < -0.3 is 24.2 Å². The number of likely N-dealkylation sites (N-methyl/N-ethyl adjacent to an activating group) is 1. The molecule has 1 fully saturated rings. The predicted octanol–water partition coefficient (Wildman–Crippen LogP) is 1.03. The summed E-state index contributed by atoms with van der Waals surface area (Å²) in [5.74, 6) is 0.639. The molecule has 3 heterocycles. The Morgan fingerprint density at radius 1 is 1.38 bits per heavy atom. The second-order valence-corrected chi connectivity index (χ2v) is 6.94. The maximum atomic E-state index is 12.8. The van der Waals surface area contributed by atoms with Crippen LogP contribution in [0.2, 0.25) is 0 Å². The molecule has 1 spiro atoms. The van der Waals surface area contributed by atoms with Crippen molar-refractivity contribution in [3.05, 3.63) is 18.2 Å². The summed E-state index contributed by atoms with van der Waals surface area (Å²) in [7, 11) is 0. The number of carbonyl (C=O) groups is 3. The molecule has 10 heteroatoms. The fraction of sp³-hybridized carbons (Fsp3) is 0.684. The van der Waals surface area contributed by atoms with Crippen LogP contribution in [-0.4, -0.2) is 81.7 Å². The van der Waals surface area contributed by atoms with Crippen LogP contribution in [0.5, 0.6) is 0 Å². The van der Waals surface area contributed by atoms with Crippen LogP contribution in [0.25, 0.3) is 0 Å². The van der Waals surface area contributed by atoms with Gasteiger partial charge in [0.15, 0.2) is 6.10 Å². The first-order valence-electron chi connectivity index (χ1n) is 9.86. The van der Waals surface area contributed by atoms with Crippen molar-refractivity contribution in [3.63, 3.8) is 0 Å². The van der Waals surface area contributed by atoms with E-state index < -0.39 is 18.4 Å². The minimum atomic E-state index is -0.665. The number of alkyl halides is 1. The fourth-order valence-corrected chi connectivity index (χ4v) is 3.96. The molecule has 1 saturated heterocycles. The normalized spacial score (nSPS) is 19.7. The van der Waals surface area contributed by atoms with Gasteiger partial charge in [0.2, 0.25) is 5.91 Å². The molecule has 2 aliphatic heterocycles. The predicted molar refractivity (Wildman–Crippen MR) is 102 cm³/mol. The first kappa shape index (κ1) is 22.8. The molecule has 1 N–H and O–H groups in total. The van der Waals surface area contributed by atoms with Gasteiger partial charge in [-0.15, -0.1) is 0 Å². The van der Waals surface area contributed by atoms with Crippen molar-refractivity contribution in [2.45, 2.75) is 51.4 Å². The van der Waals surface area contributed by atoms with Crippen molar-refractivity contribution in [1.82, 2.24) is 19.4 Å². The molecule has 0 bridgehead atoms. The van der Waals surface area contributed by atoms with E-state index in [1.165, 1.54) is 0 Å². The van der Waals surface area contributed by atoms with Crippen LogP contribution in [-0.2, 0) is 31.3 Å². The Balaban J connectivity index is 0.000000941. The number of hydrogen-bond acceptors (Lipinski definition) is 5. The third-order valence-corrected chi connectivity index (χ3v) is 5.44. The minimum Gasteiger partial charge on any atom is -0.483 e. The van der Waals surface area contributed by atoms with Gasteiger partial charge in [0.05, 0.1) is 19.6 Å². The third-order valence-electron chi connectivity index (χ3n) is 5.44. The van der Waals surface area contributed by atoms with Crippen LogP contribution in [0.4, 0.5) is 4.39 Å². The number of imidazole rings is 1. The Hall–Kier alpha value is -2.49. The number of carbonyl (C=O) groups excluding carboxylic acids is 2. The van der Waals surface area contributed by atoms with Gasteiger partial charge in [-0.25, -0.2) is 4.98 Å². The largest absolute Gasteiger partial charge is 0.483 e. The average Bonchev–Trinajstić information content (AvgIpc) is 3.20. The summed E-state index contributed by atoms with van der Waals surface area (Å²) in [6.45, 7) is 5.73. The van der Waals surface area contributed by atoms with Gasteiger partial charge in [-0.2, -0.15) is 0 Å². The number of amides is 2. The number of likely N-dealkylation sites (tertiary alicyclic amines) is 1. The number of ether oxygens (including phenoxy) is 1. The zero-order chi connectivity index (χ0) is 21.4. The summed E-state index contributed by atoms with van der Waals surface area (Å²) in [5.41, 5.74) is -0.665. The number of nitrogens with zero attached hydrogens (tertiary/aromatic N) is 4. The van der Waals surface area contributed by atoms with Gasteiger partial charge in [-0.3, -0.25) is 18.8 Å². The number of fused-ring (bicyclic) bond motifs is 2. The van der Waals surface area contributed by atoms with Crippen LogP contribution in [0.1, 0.15) is 38.9 Å². The van der Waals surface area contributed by atoms with Gasteiger partial charge in [-0.05, 0) is 13.8 Å². The molecule has 0 aliphatic carbocycles. The molecule has 2 amide bonds. The van der Waals surface area contributed by atoms with Gasteiger partial charge in [0.25, 0.3) is 12.4 Å². The molecule has 1 aromatic rings. The van der Waals surface area contributed by atoms with Crippen LogP contribution < -0.4 is 0 Å². The summed E-state index contributed by atoms with van der Waals surface area (Å²) >= 11 is 0. The van der Waals surface area contributed by atoms with Gasteiger partial charge in [-0.1, -0.05) is 0 Å². The van der Waals surface area contributed by atoms with E-state index in [1.807, 2.05) is 24.6 Å². The molecule has 0 radical (unpaired) electrons. The molecular formula is C19H29FN4O5. The molecule has 9 nitrogen and oxygen atoms in total. The molecular weight excluding hydrogens is 383 g/mol. The lowest BCUT2D eigenvalue weighted by molar-refractivity contribution is -0.182. The van der Waals surface area contributed by atoms with E-state index >= 15 is 0 Å². The van der Waals surface area contributed by atoms with Crippen LogP contribution in [0, 0.1) is 0 Å². The minimum absolute atomic E-state index is 0.00957. The van der Waals surface area contributed by atoms with E-state index in [0.717, 1.165) is 5.82 Å². The number of rotatable bonds is 5. The van der Waals surface area contributed by atoms with Crippen LogP contribution in [0.3, 0.4) is 0 Å². The topological polar surface area (TPSA) is 105 Å². The maximum absolute atomic E-state index is 12.8. The highest BCUT2D eigenvalue weighted by molar-refractivity contribution is 5.81. The summed E-state index contributed by atoms with van der Waals surface area (Å²) in [6.07, 6.45) is 4.10. The number of hydrogen-bond donors (Lipinski definition) is 1. The van der Waals surface area contributed by atoms with Crippen LogP contribution >= 0.6 is 0 Å². The molecule has 0 aromatic carbocycles. The van der Waals surface area contributed by atoms with Crippen molar-refractivity contribution in [2.24, 2.45) is 0 Å². The SMILES string of the molecule is CCN(CC)C(=O)C1Cn2ccnc2C2(CCN(C(=O)CCF)CC2)O1.O=CO. The Labute approximate surface area is 169 Å². The summed E-state index contributed by atoms with van der Waals surface area (Å²) < 4.78 is 20.8. The Morgan fingerprint density at radius 2 is 2.00 bits per heavy atom. The molecule has 2 aliphatic rings. The number of piperidine rings is 1. The number of carboxylic acid groups (broad SMARTS) is 1. The Kier molecular flexibility index (Phi) is 8.12. The molecule has 29 heavy (non-hydrogen) atoms. The second-order valence-electron chi connectivity index (χ2n) is 6.94. The molecule has 1 atom stereocenters. The lowest BCUT2D eigenvalue weighted by Gasteiger charge is -2.46. The van der Waals surface area contributed by atoms with E-state index in [9.17, 15) is 14.0 Å². The van der Waals surface area contributed by atoms with E-state index in [2.05, 4.69) is 4.98 Å². The second kappa shape index (κ2) is 10.3. The van der Waals surface area contributed by atoms with E-state index in [0.29, 0.717) is 45.6 Å². The molecule has 3 rings (SSSR count). The van der Waals surface area contributed by atoms with E-state index in [1.54, 1.807) is 16.0 Å². The van der Waals surface area contributed by atoms with Gasteiger partial charge in [0.1, 0.15) is 11.4 Å². The van der Waals surface area contributed by atoms with E-state index in [4.69, 9.17) is 14.6 Å². The number of aromatic nitrogens is 2. The molecule has 162 valence electrons. The fourth-order valence-electron chi connectivity index (χ4n) is 3.96. The molecule has 1 aromatic heterocycles. The van der Waals surface area contributed by atoms with Gasteiger partial charge in [0, 0.05) is 51.4 Å². The monoisotopic (exact) mass is 412 g/mol. The Morgan fingerprint density at radius 3 is 2.55 bits per heavy atom. The first-order valence-corrected chi connectivity index (χ1v) is 9.86. The third kappa shape index (κ3) is 4.92. The summed E-state index contributed by atoms with van der Waals surface area (Å²) in [5, 5.41) is 6.89. The highest BCUT2D eigenvalue weighted by Gasteiger charge is 2.48.